The second-order valence-corrected chi connectivity index (χ2v) is 8.56. The van der Waals surface area contributed by atoms with E-state index in [9.17, 15) is 0 Å². The summed E-state index contributed by atoms with van der Waals surface area (Å²) in [6.07, 6.45) is 7.39. The van der Waals surface area contributed by atoms with Gasteiger partial charge in [-0.2, -0.15) is 5.10 Å². The number of morpholine rings is 1. The molecule has 34 heavy (non-hydrogen) atoms. The van der Waals surface area contributed by atoms with E-state index >= 15 is 0 Å². The summed E-state index contributed by atoms with van der Waals surface area (Å²) >= 11 is 0. The summed E-state index contributed by atoms with van der Waals surface area (Å²) in [6, 6.07) is 16.8. The van der Waals surface area contributed by atoms with Gasteiger partial charge in [-0.25, -0.2) is 9.97 Å². The third-order valence-corrected chi connectivity index (χ3v) is 6.32. The molecule has 5 aromatic rings. The maximum Gasteiger partial charge on any atom is 0.130 e. The molecule has 1 aliphatic rings. The fourth-order valence-corrected chi connectivity index (χ4v) is 4.60. The highest BCUT2D eigenvalue weighted by atomic mass is 16.5. The van der Waals surface area contributed by atoms with Crippen LogP contribution in [0.1, 0.15) is 12.5 Å². The number of anilines is 1. The van der Waals surface area contributed by atoms with E-state index < -0.39 is 0 Å². The number of rotatable bonds is 5. The Bertz CT molecular complexity index is 1410. The van der Waals surface area contributed by atoms with Gasteiger partial charge in [0, 0.05) is 36.4 Å². The van der Waals surface area contributed by atoms with Crippen LogP contribution in [0.25, 0.3) is 33.5 Å². The number of nitrogens with one attached hydrogen (secondary N) is 1. The largest absolute Gasteiger partial charge is 0.377 e. The number of fused-ring (bicyclic) bond motifs is 1. The van der Waals surface area contributed by atoms with Crippen LogP contribution in [0.5, 0.6) is 0 Å². The molecule has 5 heterocycles. The molecule has 1 unspecified atom stereocenters. The zero-order valence-electron chi connectivity index (χ0n) is 18.9. The number of nitrogens with zero attached hydrogens (tertiary/aromatic N) is 6. The number of aromatic amines is 1. The minimum Gasteiger partial charge on any atom is -0.377 e. The van der Waals surface area contributed by atoms with Crippen molar-refractivity contribution in [2.45, 2.75) is 19.5 Å². The quantitative estimate of drug-likeness (QED) is 0.432. The predicted molar refractivity (Wildman–Crippen MR) is 132 cm³/mol. The van der Waals surface area contributed by atoms with Crippen molar-refractivity contribution in [2.24, 2.45) is 0 Å². The Balaban J connectivity index is 1.56. The van der Waals surface area contributed by atoms with Crippen LogP contribution in [-0.2, 0) is 11.3 Å². The first-order chi connectivity index (χ1) is 16.8. The Morgan fingerprint density at radius 3 is 2.85 bits per heavy atom. The van der Waals surface area contributed by atoms with Crippen molar-refractivity contribution < 1.29 is 4.74 Å². The first-order valence-electron chi connectivity index (χ1n) is 11.5. The fourth-order valence-electron chi connectivity index (χ4n) is 4.60. The van der Waals surface area contributed by atoms with E-state index in [0.29, 0.717) is 13.2 Å². The van der Waals surface area contributed by atoms with Crippen molar-refractivity contribution in [1.82, 2.24) is 29.7 Å². The summed E-state index contributed by atoms with van der Waals surface area (Å²) in [6.45, 7) is 5.07. The molecule has 0 saturated carbocycles. The molecule has 6 rings (SSSR count). The summed E-state index contributed by atoms with van der Waals surface area (Å²) in [5, 5.41) is 8.20. The first kappa shape index (κ1) is 20.6. The van der Waals surface area contributed by atoms with Crippen LogP contribution < -0.4 is 4.90 Å². The fraction of sp³-hybridized carbons (Fsp3) is 0.231. The Kier molecular flexibility index (Phi) is 5.27. The van der Waals surface area contributed by atoms with E-state index in [2.05, 4.69) is 66.9 Å². The number of imidazole rings is 1. The SMILES string of the molecule is CC1COCCN1c1cc(-c2cncn2Cc2ccccc2)c2ccnc(-c3ccn[nH]3)c2n1. The summed E-state index contributed by atoms with van der Waals surface area (Å²) < 4.78 is 7.87. The molecule has 1 atom stereocenters. The number of aromatic nitrogens is 6. The number of pyridine rings is 2. The molecule has 1 fully saturated rings. The molecule has 1 N–H and O–H groups in total. The van der Waals surface area contributed by atoms with Crippen molar-refractivity contribution in [3.63, 3.8) is 0 Å². The van der Waals surface area contributed by atoms with Crippen molar-refractivity contribution >= 4 is 16.7 Å². The van der Waals surface area contributed by atoms with E-state index in [-0.39, 0.29) is 6.04 Å². The number of ether oxygens (including phenoxy) is 1. The van der Waals surface area contributed by atoms with Crippen LogP contribution >= 0.6 is 0 Å². The number of benzene rings is 1. The molecule has 170 valence electrons. The molecule has 1 aromatic carbocycles. The van der Waals surface area contributed by atoms with E-state index in [1.54, 1.807) is 6.20 Å². The highest BCUT2D eigenvalue weighted by Crippen LogP contribution is 2.35. The minimum absolute atomic E-state index is 0.230. The second kappa shape index (κ2) is 8.72. The van der Waals surface area contributed by atoms with E-state index in [4.69, 9.17) is 9.72 Å². The van der Waals surface area contributed by atoms with E-state index in [0.717, 1.165) is 52.5 Å². The molecule has 4 aromatic heterocycles. The van der Waals surface area contributed by atoms with Crippen LogP contribution in [-0.4, -0.2) is 55.5 Å². The molecule has 0 bridgehead atoms. The lowest BCUT2D eigenvalue weighted by molar-refractivity contribution is 0.0986. The maximum absolute atomic E-state index is 5.68. The molecule has 0 spiro atoms. The van der Waals surface area contributed by atoms with Gasteiger partial charge in [0.2, 0.25) is 0 Å². The predicted octanol–water partition coefficient (Wildman–Crippen LogP) is 4.16. The van der Waals surface area contributed by atoms with Gasteiger partial charge in [-0.1, -0.05) is 30.3 Å². The van der Waals surface area contributed by atoms with Gasteiger partial charge in [-0.3, -0.25) is 10.1 Å². The van der Waals surface area contributed by atoms with Crippen LogP contribution in [0.2, 0.25) is 0 Å². The Labute approximate surface area is 197 Å². The minimum atomic E-state index is 0.230. The lowest BCUT2D eigenvalue weighted by Gasteiger charge is -2.34. The van der Waals surface area contributed by atoms with Crippen molar-refractivity contribution in [2.75, 3.05) is 24.7 Å². The number of hydrogen-bond donors (Lipinski definition) is 1. The summed E-state index contributed by atoms with van der Waals surface area (Å²) in [5.74, 6) is 0.916. The van der Waals surface area contributed by atoms with Crippen LogP contribution in [0, 0.1) is 0 Å². The van der Waals surface area contributed by atoms with Crippen molar-refractivity contribution in [3.8, 4) is 22.6 Å². The summed E-state index contributed by atoms with van der Waals surface area (Å²) in [7, 11) is 0. The van der Waals surface area contributed by atoms with Gasteiger partial charge in [-0.05, 0) is 30.7 Å². The van der Waals surface area contributed by atoms with Crippen LogP contribution in [0.3, 0.4) is 0 Å². The maximum atomic E-state index is 5.68. The number of H-pyrrole nitrogens is 1. The molecule has 1 saturated heterocycles. The first-order valence-corrected chi connectivity index (χ1v) is 11.5. The second-order valence-electron chi connectivity index (χ2n) is 8.56. The van der Waals surface area contributed by atoms with Crippen LogP contribution in [0.15, 0.2) is 73.4 Å². The van der Waals surface area contributed by atoms with Gasteiger partial charge in [0.15, 0.2) is 0 Å². The number of hydrogen-bond acceptors (Lipinski definition) is 6. The molecular weight excluding hydrogens is 426 g/mol. The van der Waals surface area contributed by atoms with Crippen LogP contribution in [0.4, 0.5) is 5.82 Å². The van der Waals surface area contributed by atoms with Gasteiger partial charge in [-0.15, -0.1) is 0 Å². The summed E-state index contributed by atoms with van der Waals surface area (Å²) in [4.78, 5) is 16.6. The molecule has 8 nitrogen and oxygen atoms in total. The lowest BCUT2D eigenvalue weighted by atomic mass is 10.0. The molecular formula is C26H25N7O. The smallest absolute Gasteiger partial charge is 0.130 e. The average Bonchev–Trinajstić information content (AvgIpc) is 3.57. The zero-order valence-corrected chi connectivity index (χ0v) is 18.9. The van der Waals surface area contributed by atoms with E-state index in [1.165, 1.54) is 5.56 Å². The standard InChI is InChI=1S/C26H25N7O/c1-18-16-34-12-11-33(18)24-13-21(23-14-27-17-32(23)15-19-5-3-2-4-6-19)20-7-9-28-26(25(20)30-24)22-8-10-29-31-22/h2-10,13-14,17-18H,11-12,15-16H2,1H3,(H,29,31). The highest BCUT2D eigenvalue weighted by molar-refractivity contribution is 6.01. The molecule has 8 heteroatoms. The molecule has 0 radical (unpaired) electrons. The Morgan fingerprint density at radius 1 is 1.12 bits per heavy atom. The van der Waals surface area contributed by atoms with Gasteiger partial charge < -0.3 is 14.2 Å². The topological polar surface area (TPSA) is 84.8 Å². The van der Waals surface area contributed by atoms with Crippen molar-refractivity contribution in [3.05, 3.63) is 79.0 Å². The highest BCUT2D eigenvalue weighted by Gasteiger charge is 2.24. The normalized spacial score (nSPS) is 16.3. The average molecular weight is 452 g/mol. The van der Waals surface area contributed by atoms with Gasteiger partial charge in [0.05, 0.1) is 43.2 Å². The monoisotopic (exact) mass is 451 g/mol. The van der Waals surface area contributed by atoms with E-state index in [1.807, 2.05) is 36.9 Å². The van der Waals surface area contributed by atoms with Gasteiger partial charge in [0.25, 0.3) is 0 Å². The third kappa shape index (κ3) is 3.72. The Morgan fingerprint density at radius 2 is 2.03 bits per heavy atom. The molecule has 1 aliphatic heterocycles. The third-order valence-electron chi connectivity index (χ3n) is 6.32. The molecule has 0 aliphatic carbocycles. The van der Waals surface area contributed by atoms with Gasteiger partial charge >= 0.3 is 0 Å². The van der Waals surface area contributed by atoms with Gasteiger partial charge in [0.1, 0.15) is 17.0 Å². The molecule has 0 amide bonds. The zero-order chi connectivity index (χ0) is 22.9. The lowest BCUT2D eigenvalue weighted by Crippen LogP contribution is -2.44. The summed E-state index contributed by atoms with van der Waals surface area (Å²) in [5.41, 5.74) is 5.81. The van der Waals surface area contributed by atoms with Crippen molar-refractivity contribution in [1.29, 1.82) is 0 Å². The Hall–Kier alpha value is -4.04.